The second-order valence-corrected chi connectivity index (χ2v) is 5.23. The van der Waals surface area contributed by atoms with Gasteiger partial charge in [-0.25, -0.2) is 4.21 Å². The van der Waals surface area contributed by atoms with Crippen LogP contribution in [-0.2, 0) is 17.2 Å². The van der Waals surface area contributed by atoms with E-state index >= 15 is 0 Å². The Hall–Kier alpha value is -1.24. The first-order chi connectivity index (χ1) is 7.80. The van der Waals surface area contributed by atoms with Crippen LogP contribution in [0.25, 0.3) is 0 Å². The smallest absolute Gasteiger partial charge is 0.255 e. The number of halogens is 3. The summed E-state index contributed by atoms with van der Waals surface area (Å²) in [5.74, 6) is 0. The predicted octanol–water partition coefficient (Wildman–Crippen LogP) is 2.59. The number of hydrogen-bond acceptors (Lipinski definition) is 2. The van der Waals surface area contributed by atoms with E-state index in [0.717, 1.165) is 24.5 Å². The Kier molecular flexibility index (Phi) is 4.39. The maximum atomic E-state index is 12.4. The number of rotatable bonds is 3. The molecule has 0 N–H and O–H groups in total. The summed E-state index contributed by atoms with van der Waals surface area (Å²) in [7, 11) is -1.45. The first kappa shape index (κ1) is 13.8. The summed E-state index contributed by atoms with van der Waals surface area (Å²) >= 11 is 0. The van der Waals surface area contributed by atoms with Crippen LogP contribution in [0.1, 0.15) is 25.1 Å². The van der Waals surface area contributed by atoms with E-state index < -0.39 is 22.7 Å². The van der Waals surface area contributed by atoms with Gasteiger partial charge in [-0.05, 0) is 26.0 Å². The topological polar surface area (TPSA) is 42.3 Å². The fraction of sp³-hybridized carbons (Fsp3) is 0.400. The molecule has 1 atom stereocenters. The lowest BCUT2D eigenvalue weighted by Crippen LogP contribution is -2.06. The SMILES string of the molecule is CC(C)S(=O)N=Cc1cc(C(F)(F)F)ccn1. The molecule has 94 valence electrons. The van der Waals surface area contributed by atoms with Crippen LogP contribution in [0.5, 0.6) is 0 Å². The van der Waals surface area contributed by atoms with Crippen LogP contribution >= 0.6 is 0 Å². The number of hydrogen-bond donors (Lipinski definition) is 0. The van der Waals surface area contributed by atoms with Gasteiger partial charge in [-0.1, -0.05) is 0 Å². The zero-order chi connectivity index (χ0) is 13.1. The van der Waals surface area contributed by atoms with Crippen molar-refractivity contribution in [1.29, 1.82) is 0 Å². The zero-order valence-corrected chi connectivity index (χ0v) is 10.0. The van der Waals surface area contributed by atoms with E-state index in [0.29, 0.717) is 0 Å². The van der Waals surface area contributed by atoms with Gasteiger partial charge in [0.05, 0.1) is 22.7 Å². The van der Waals surface area contributed by atoms with Crippen LogP contribution < -0.4 is 0 Å². The molecule has 0 bridgehead atoms. The van der Waals surface area contributed by atoms with Gasteiger partial charge in [-0.15, -0.1) is 0 Å². The van der Waals surface area contributed by atoms with Gasteiger partial charge >= 0.3 is 6.18 Å². The third-order valence-electron chi connectivity index (χ3n) is 1.80. The van der Waals surface area contributed by atoms with Crippen LogP contribution in [0.2, 0.25) is 0 Å². The molecule has 0 saturated heterocycles. The molecule has 17 heavy (non-hydrogen) atoms. The van der Waals surface area contributed by atoms with Crippen molar-refractivity contribution in [2.45, 2.75) is 25.3 Å². The van der Waals surface area contributed by atoms with Gasteiger partial charge in [0.1, 0.15) is 11.0 Å². The van der Waals surface area contributed by atoms with Gasteiger partial charge in [-0.2, -0.15) is 17.6 Å². The molecule has 1 rings (SSSR count). The number of nitrogens with zero attached hydrogens (tertiary/aromatic N) is 2. The summed E-state index contributed by atoms with van der Waals surface area (Å²) < 4.78 is 52.0. The summed E-state index contributed by atoms with van der Waals surface area (Å²) in [5.41, 5.74) is -0.766. The van der Waals surface area contributed by atoms with Crippen molar-refractivity contribution >= 4 is 17.2 Å². The van der Waals surface area contributed by atoms with Crippen LogP contribution in [0.3, 0.4) is 0 Å². The van der Waals surface area contributed by atoms with E-state index in [2.05, 4.69) is 9.38 Å². The molecule has 3 nitrogen and oxygen atoms in total. The normalized spacial score (nSPS) is 14.5. The van der Waals surface area contributed by atoms with Crippen LogP contribution in [-0.4, -0.2) is 20.7 Å². The largest absolute Gasteiger partial charge is 0.416 e. The van der Waals surface area contributed by atoms with Gasteiger partial charge in [0.2, 0.25) is 0 Å². The molecule has 1 unspecified atom stereocenters. The van der Waals surface area contributed by atoms with Gasteiger partial charge in [0.25, 0.3) is 0 Å². The van der Waals surface area contributed by atoms with Gasteiger partial charge < -0.3 is 0 Å². The van der Waals surface area contributed by atoms with Gasteiger partial charge in [0, 0.05) is 6.20 Å². The second kappa shape index (κ2) is 5.39. The Morgan fingerprint density at radius 2 is 2.12 bits per heavy atom. The van der Waals surface area contributed by atoms with Crippen molar-refractivity contribution < 1.29 is 17.4 Å². The molecule has 0 aliphatic heterocycles. The predicted molar refractivity (Wildman–Crippen MR) is 60.1 cm³/mol. The van der Waals surface area contributed by atoms with Crippen molar-refractivity contribution in [2.24, 2.45) is 4.40 Å². The second-order valence-electron chi connectivity index (χ2n) is 3.53. The molecule has 0 saturated carbocycles. The fourth-order valence-electron chi connectivity index (χ4n) is 0.923. The molecule has 0 amide bonds. The Bertz CT molecular complexity index is 443. The molecule has 0 aromatic carbocycles. The summed E-state index contributed by atoms with van der Waals surface area (Å²) in [6.45, 7) is 3.40. The lowest BCUT2D eigenvalue weighted by molar-refractivity contribution is -0.137. The highest BCUT2D eigenvalue weighted by molar-refractivity contribution is 7.84. The molecular weight excluding hydrogens is 253 g/mol. The average Bonchev–Trinajstić information content (AvgIpc) is 2.25. The molecular formula is C10H11F3N2OS. The summed E-state index contributed by atoms with van der Waals surface area (Å²) in [6.07, 6.45) is -2.28. The highest BCUT2D eigenvalue weighted by Crippen LogP contribution is 2.28. The fourth-order valence-corrected chi connectivity index (χ4v) is 1.38. The van der Waals surface area contributed by atoms with E-state index in [1.807, 2.05) is 0 Å². The van der Waals surface area contributed by atoms with Gasteiger partial charge in [-0.3, -0.25) is 4.98 Å². The lowest BCUT2D eigenvalue weighted by Gasteiger charge is -2.05. The average molecular weight is 264 g/mol. The Balaban J connectivity index is 2.90. The summed E-state index contributed by atoms with van der Waals surface area (Å²) in [4.78, 5) is 3.70. The molecule has 0 radical (unpaired) electrons. The minimum Gasteiger partial charge on any atom is -0.255 e. The molecule has 0 fully saturated rings. The van der Waals surface area contributed by atoms with E-state index in [1.165, 1.54) is 0 Å². The highest BCUT2D eigenvalue weighted by atomic mass is 32.2. The molecule has 7 heteroatoms. The molecule has 1 aromatic rings. The van der Waals surface area contributed by atoms with Crippen molar-refractivity contribution in [2.75, 3.05) is 0 Å². The lowest BCUT2D eigenvalue weighted by atomic mass is 10.2. The standard InChI is InChI=1S/C10H11F3N2OS/c1-7(2)17(16)15-6-9-5-8(3-4-14-9)10(11,12)13/h3-7H,1-2H3. The number of pyridine rings is 1. The molecule has 0 aliphatic rings. The van der Waals surface area contributed by atoms with E-state index in [9.17, 15) is 17.4 Å². The number of aromatic nitrogens is 1. The van der Waals surface area contributed by atoms with Crippen molar-refractivity contribution in [1.82, 2.24) is 4.98 Å². The first-order valence-corrected chi connectivity index (χ1v) is 5.95. The van der Waals surface area contributed by atoms with E-state index in [-0.39, 0.29) is 10.9 Å². The third-order valence-corrected chi connectivity index (χ3v) is 2.92. The molecule has 0 aliphatic carbocycles. The van der Waals surface area contributed by atoms with Crippen LogP contribution in [0.15, 0.2) is 22.7 Å². The van der Waals surface area contributed by atoms with Crippen LogP contribution in [0.4, 0.5) is 13.2 Å². The molecule has 1 heterocycles. The molecule has 0 spiro atoms. The third kappa shape index (κ3) is 4.26. The Morgan fingerprint density at radius 1 is 1.47 bits per heavy atom. The van der Waals surface area contributed by atoms with E-state index in [1.54, 1.807) is 13.8 Å². The zero-order valence-electron chi connectivity index (χ0n) is 9.23. The molecule has 1 aromatic heterocycles. The Morgan fingerprint density at radius 3 is 2.65 bits per heavy atom. The quantitative estimate of drug-likeness (QED) is 0.787. The summed E-state index contributed by atoms with van der Waals surface area (Å²) in [5, 5.41) is -0.183. The number of alkyl halides is 3. The maximum absolute atomic E-state index is 12.4. The minimum atomic E-state index is -4.41. The van der Waals surface area contributed by atoms with Gasteiger partial charge in [0.15, 0.2) is 0 Å². The summed E-state index contributed by atoms with van der Waals surface area (Å²) in [6, 6.07) is 1.73. The monoisotopic (exact) mass is 264 g/mol. The van der Waals surface area contributed by atoms with Crippen LogP contribution in [0, 0.1) is 0 Å². The van der Waals surface area contributed by atoms with Crippen molar-refractivity contribution in [3.8, 4) is 0 Å². The van der Waals surface area contributed by atoms with E-state index in [4.69, 9.17) is 0 Å². The minimum absolute atomic E-state index is 0.0359. The maximum Gasteiger partial charge on any atom is 0.416 e. The Labute approximate surface area is 99.4 Å². The highest BCUT2D eigenvalue weighted by Gasteiger charge is 2.30. The van der Waals surface area contributed by atoms with Crippen molar-refractivity contribution in [3.05, 3.63) is 29.6 Å². The van der Waals surface area contributed by atoms with Crippen molar-refractivity contribution in [3.63, 3.8) is 0 Å². The first-order valence-electron chi connectivity index (χ1n) is 4.78.